The van der Waals surface area contributed by atoms with Crippen molar-refractivity contribution in [3.63, 3.8) is 0 Å². The number of hydrogen-bond donors (Lipinski definition) is 2. The van der Waals surface area contributed by atoms with Gasteiger partial charge >= 0.3 is 0 Å². The van der Waals surface area contributed by atoms with Gasteiger partial charge in [0.25, 0.3) is 0 Å². The van der Waals surface area contributed by atoms with Gasteiger partial charge in [-0.2, -0.15) is 0 Å². The molecule has 0 radical (unpaired) electrons. The molecule has 2 N–H and O–H groups in total. The highest BCUT2D eigenvalue weighted by atomic mass is 16.5. The summed E-state index contributed by atoms with van der Waals surface area (Å²) < 4.78 is 5.80. The molecule has 0 bridgehead atoms. The lowest BCUT2D eigenvalue weighted by atomic mass is 9.83. The molecule has 4 heteroatoms. The quantitative estimate of drug-likeness (QED) is 0.606. The smallest absolute Gasteiger partial charge is 0.229 e. The summed E-state index contributed by atoms with van der Waals surface area (Å²) in [6.07, 6.45) is 7.91. The maximum atomic E-state index is 11.6. The third-order valence-corrected chi connectivity index (χ3v) is 3.29. The molecule has 3 rings (SSSR count). The Kier molecular flexibility index (Phi) is 2.02. The van der Waals surface area contributed by atoms with Crippen LogP contribution in [0.2, 0.25) is 0 Å². The zero-order valence-electron chi connectivity index (χ0n) is 8.40. The number of rotatable bonds is 0. The van der Waals surface area contributed by atoms with Gasteiger partial charge in [-0.1, -0.05) is 12.2 Å². The van der Waals surface area contributed by atoms with Crippen LogP contribution >= 0.6 is 0 Å². The van der Waals surface area contributed by atoms with Crippen LogP contribution in [0.3, 0.4) is 0 Å². The molecule has 0 saturated carbocycles. The lowest BCUT2D eigenvalue weighted by Gasteiger charge is -2.41. The number of carbonyl (C=O) groups excluding carboxylic acids is 1. The van der Waals surface area contributed by atoms with Gasteiger partial charge in [-0.15, -0.1) is 0 Å². The average Bonchev–Trinajstić information content (AvgIpc) is 2.27. The van der Waals surface area contributed by atoms with Gasteiger partial charge in [-0.3, -0.25) is 10.1 Å². The van der Waals surface area contributed by atoms with Crippen LogP contribution in [0.5, 0.6) is 0 Å². The van der Waals surface area contributed by atoms with Crippen molar-refractivity contribution < 1.29 is 9.53 Å². The summed E-state index contributed by atoms with van der Waals surface area (Å²) in [6, 6.07) is 0. The summed E-state index contributed by atoms with van der Waals surface area (Å²) in [5.74, 6) is 1.50. The van der Waals surface area contributed by atoms with Crippen LogP contribution < -0.4 is 10.6 Å². The molecule has 0 aromatic rings. The van der Waals surface area contributed by atoms with Crippen molar-refractivity contribution >= 4 is 5.91 Å². The minimum absolute atomic E-state index is 0.0348. The van der Waals surface area contributed by atoms with Gasteiger partial charge in [-0.25, -0.2) is 0 Å². The molecule has 80 valence electrons. The first-order chi connectivity index (χ1) is 7.34. The second-order valence-corrected chi connectivity index (χ2v) is 4.23. The Morgan fingerprint density at radius 1 is 1.47 bits per heavy atom. The fourth-order valence-corrected chi connectivity index (χ4v) is 2.46. The molecule has 2 saturated heterocycles. The van der Waals surface area contributed by atoms with Gasteiger partial charge in [0.05, 0.1) is 12.6 Å². The van der Waals surface area contributed by atoms with E-state index in [1.807, 2.05) is 12.2 Å². The Bertz CT molecular complexity index is 348. The second kappa shape index (κ2) is 3.38. The summed E-state index contributed by atoms with van der Waals surface area (Å²) in [7, 11) is 0. The summed E-state index contributed by atoms with van der Waals surface area (Å²) in [6.45, 7) is 0.508. The molecule has 2 aliphatic heterocycles. The van der Waals surface area contributed by atoms with E-state index in [2.05, 4.69) is 16.7 Å². The third-order valence-electron chi connectivity index (χ3n) is 3.29. The molecule has 1 aliphatic carbocycles. The van der Waals surface area contributed by atoms with Gasteiger partial charge in [-0.05, 0) is 18.9 Å². The van der Waals surface area contributed by atoms with Crippen molar-refractivity contribution in [1.29, 1.82) is 0 Å². The number of carbonyl (C=O) groups is 1. The first-order valence-electron chi connectivity index (χ1n) is 5.39. The number of fused-ring (bicyclic) bond motifs is 2. The van der Waals surface area contributed by atoms with Crippen molar-refractivity contribution in [2.24, 2.45) is 11.8 Å². The molecule has 0 aromatic heterocycles. The second-order valence-electron chi connectivity index (χ2n) is 4.23. The maximum absolute atomic E-state index is 11.6. The van der Waals surface area contributed by atoms with Gasteiger partial charge in [0.15, 0.2) is 6.23 Å². The fourth-order valence-electron chi connectivity index (χ4n) is 2.46. The summed E-state index contributed by atoms with van der Waals surface area (Å²) in [5.41, 5.74) is 0. The summed E-state index contributed by atoms with van der Waals surface area (Å²) in [5, 5.41) is 5.97. The number of allylic oxidation sites excluding steroid dienone is 4. The normalized spacial score (nSPS) is 38.3. The fraction of sp³-hybridized carbons (Fsp3) is 0.545. The van der Waals surface area contributed by atoms with E-state index < -0.39 is 0 Å². The van der Waals surface area contributed by atoms with Crippen molar-refractivity contribution in [1.82, 2.24) is 10.6 Å². The highest BCUT2D eigenvalue weighted by molar-refractivity contribution is 5.80. The predicted molar refractivity (Wildman–Crippen MR) is 54.5 cm³/mol. The Balaban J connectivity index is 1.83. The Morgan fingerprint density at radius 2 is 2.40 bits per heavy atom. The van der Waals surface area contributed by atoms with Crippen LogP contribution in [0.4, 0.5) is 0 Å². The molecule has 4 nitrogen and oxygen atoms in total. The Morgan fingerprint density at radius 3 is 3.33 bits per heavy atom. The number of ether oxygens (including phenoxy) is 1. The number of amides is 1. The topological polar surface area (TPSA) is 50.4 Å². The van der Waals surface area contributed by atoms with Gasteiger partial charge in [0, 0.05) is 5.92 Å². The van der Waals surface area contributed by atoms with Crippen LogP contribution in [-0.2, 0) is 9.53 Å². The molecular formula is C11H14N2O2. The Hall–Kier alpha value is -1.29. The number of nitrogens with one attached hydrogen (secondary N) is 2. The molecule has 0 spiro atoms. The largest absolute Gasteiger partial charge is 0.478 e. The standard InChI is InChI=1S/C11H14N2O2/c14-10-8-5-7-3-1-2-4-9(7)15-11(8)13-6-12-10/h1-2,4,7-8,11,13H,3,5-6H2,(H,12,14). The van der Waals surface area contributed by atoms with Crippen molar-refractivity contribution in [3.8, 4) is 0 Å². The highest BCUT2D eigenvalue weighted by Crippen LogP contribution is 2.36. The molecular weight excluding hydrogens is 192 g/mol. The van der Waals surface area contributed by atoms with Crippen molar-refractivity contribution in [3.05, 3.63) is 24.0 Å². The van der Waals surface area contributed by atoms with Gasteiger partial charge in [0.1, 0.15) is 5.76 Å². The zero-order chi connectivity index (χ0) is 10.3. The van der Waals surface area contributed by atoms with Crippen LogP contribution in [0.15, 0.2) is 24.0 Å². The van der Waals surface area contributed by atoms with E-state index in [0.717, 1.165) is 18.6 Å². The Labute approximate surface area is 88.4 Å². The zero-order valence-corrected chi connectivity index (χ0v) is 8.40. The van der Waals surface area contributed by atoms with Gasteiger partial charge < -0.3 is 10.1 Å². The molecule has 3 atom stereocenters. The van der Waals surface area contributed by atoms with Gasteiger partial charge in [0.2, 0.25) is 5.91 Å². The summed E-state index contributed by atoms with van der Waals surface area (Å²) in [4.78, 5) is 11.6. The average molecular weight is 206 g/mol. The van der Waals surface area contributed by atoms with E-state index in [9.17, 15) is 4.79 Å². The van der Waals surface area contributed by atoms with E-state index in [1.54, 1.807) is 0 Å². The molecule has 2 fully saturated rings. The van der Waals surface area contributed by atoms with Crippen LogP contribution in [0, 0.1) is 11.8 Å². The van der Waals surface area contributed by atoms with E-state index >= 15 is 0 Å². The van der Waals surface area contributed by atoms with E-state index in [-0.39, 0.29) is 18.1 Å². The highest BCUT2D eigenvalue weighted by Gasteiger charge is 2.41. The number of hydrogen-bond acceptors (Lipinski definition) is 3. The van der Waals surface area contributed by atoms with Crippen LogP contribution in [0.25, 0.3) is 0 Å². The van der Waals surface area contributed by atoms with Crippen molar-refractivity contribution in [2.75, 3.05) is 6.67 Å². The first kappa shape index (κ1) is 8.97. The van der Waals surface area contributed by atoms with E-state index in [4.69, 9.17) is 4.74 Å². The third kappa shape index (κ3) is 1.45. The van der Waals surface area contributed by atoms with Crippen molar-refractivity contribution in [2.45, 2.75) is 19.1 Å². The lowest BCUT2D eigenvalue weighted by molar-refractivity contribution is -0.139. The predicted octanol–water partition coefficient (Wildman–Crippen LogP) is 0.486. The SMILES string of the molecule is O=C1NCNC2OC3=CC=CCC3CC12. The minimum atomic E-state index is -0.132. The molecule has 2 heterocycles. The molecule has 15 heavy (non-hydrogen) atoms. The van der Waals surface area contributed by atoms with E-state index in [0.29, 0.717) is 12.6 Å². The maximum Gasteiger partial charge on any atom is 0.229 e. The van der Waals surface area contributed by atoms with Crippen LogP contribution in [0.1, 0.15) is 12.8 Å². The molecule has 3 unspecified atom stereocenters. The molecule has 3 aliphatic rings. The van der Waals surface area contributed by atoms with E-state index in [1.165, 1.54) is 0 Å². The first-order valence-corrected chi connectivity index (χ1v) is 5.39. The van der Waals surface area contributed by atoms with Crippen LogP contribution in [-0.4, -0.2) is 18.8 Å². The minimum Gasteiger partial charge on any atom is -0.478 e. The summed E-state index contributed by atoms with van der Waals surface area (Å²) >= 11 is 0. The molecule has 0 aromatic carbocycles. The monoisotopic (exact) mass is 206 g/mol. The lowest BCUT2D eigenvalue weighted by Crippen LogP contribution is -2.58. The molecule has 1 amide bonds.